The zero-order chi connectivity index (χ0) is 19.9. The van der Waals surface area contributed by atoms with Gasteiger partial charge in [-0.05, 0) is 37.5 Å². The molecule has 1 aromatic carbocycles. The second-order valence-electron chi connectivity index (χ2n) is 7.85. The van der Waals surface area contributed by atoms with Crippen molar-refractivity contribution in [3.8, 4) is 0 Å². The number of hydrogen-bond acceptors (Lipinski definition) is 5. The first-order valence-electron chi connectivity index (χ1n) is 10.3. The van der Waals surface area contributed by atoms with Crippen LogP contribution in [0, 0.1) is 0 Å². The molecule has 2 atom stereocenters. The van der Waals surface area contributed by atoms with Crippen LogP contribution in [0.1, 0.15) is 31.4 Å². The van der Waals surface area contributed by atoms with E-state index < -0.39 is 6.10 Å². The predicted octanol–water partition coefficient (Wildman–Crippen LogP) is 2.02. The summed E-state index contributed by atoms with van der Waals surface area (Å²) in [5.41, 5.74) is 1.05. The van der Waals surface area contributed by atoms with E-state index in [2.05, 4.69) is 9.80 Å². The summed E-state index contributed by atoms with van der Waals surface area (Å²) >= 11 is 5.91. The Morgan fingerprint density at radius 2 is 1.68 bits per heavy atom. The van der Waals surface area contributed by atoms with E-state index in [9.17, 15) is 9.90 Å². The van der Waals surface area contributed by atoms with Gasteiger partial charge in [-0.2, -0.15) is 0 Å². The predicted molar refractivity (Wildman–Crippen MR) is 111 cm³/mol. The Morgan fingerprint density at radius 1 is 1.07 bits per heavy atom. The molecule has 0 radical (unpaired) electrons. The van der Waals surface area contributed by atoms with Gasteiger partial charge in [-0.25, -0.2) is 0 Å². The fraction of sp³-hybridized carbons (Fsp3) is 0.667. The van der Waals surface area contributed by atoms with Crippen molar-refractivity contribution in [3.63, 3.8) is 0 Å². The molecular weight excluding hydrogens is 378 g/mol. The Labute approximate surface area is 173 Å². The molecule has 7 heteroatoms. The molecule has 0 aromatic heterocycles. The molecule has 1 N–H and O–H groups in total. The number of carbonyl (C=O) groups is 1. The Balaban J connectivity index is 1.32. The van der Waals surface area contributed by atoms with Crippen molar-refractivity contribution in [1.82, 2.24) is 14.7 Å². The molecule has 3 rings (SSSR count). The minimum atomic E-state index is -0.521. The zero-order valence-corrected chi connectivity index (χ0v) is 17.5. The Morgan fingerprint density at radius 3 is 2.32 bits per heavy atom. The standard InChI is InChI=1S/C21H32ClN3O3/c1-17(18-4-6-19(22)7-5-18)28-16-20(26)14-23-10-12-24(13-11-23)15-21(27)25-8-2-3-9-25/h4-7,17,20,26H,2-3,8-16H2,1H3. The van der Waals surface area contributed by atoms with Gasteiger partial charge < -0.3 is 14.7 Å². The highest BCUT2D eigenvalue weighted by Gasteiger charge is 2.24. The van der Waals surface area contributed by atoms with Gasteiger partial charge in [-0.1, -0.05) is 23.7 Å². The number of rotatable bonds is 8. The summed E-state index contributed by atoms with van der Waals surface area (Å²) in [4.78, 5) is 18.7. The number of nitrogens with zero attached hydrogens (tertiary/aromatic N) is 3. The van der Waals surface area contributed by atoms with E-state index in [-0.39, 0.29) is 12.0 Å². The number of piperazine rings is 1. The summed E-state index contributed by atoms with van der Waals surface area (Å²) in [5.74, 6) is 0.260. The van der Waals surface area contributed by atoms with E-state index in [4.69, 9.17) is 16.3 Å². The van der Waals surface area contributed by atoms with E-state index >= 15 is 0 Å². The lowest BCUT2D eigenvalue weighted by Crippen LogP contribution is -2.51. The van der Waals surface area contributed by atoms with Crippen LogP contribution < -0.4 is 0 Å². The van der Waals surface area contributed by atoms with Gasteiger partial charge in [0.1, 0.15) is 0 Å². The largest absolute Gasteiger partial charge is 0.389 e. The number of likely N-dealkylation sites (tertiary alicyclic amines) is 1. The van der Waals surface area contributed by atoms with Crippen molar-refractivity contribution in [1.29, 1.82) is 0 Å². The molecule has 0 spiro atoms. The maximum Gasteiger partial charge on any atom is 0.236 e. The van der Waals surface area contributed by atoms with Crippen molar-refractivity contribution >= 4 is 17.5 Å². The van der Waals surface area contributed by atoms with Crippen LogP contribution in [0.3, 0.4) is 0 Å². The van der Waals surface area contributed by atoms with Gasteiger partial charge in [0.2, 0.25) is 5.91 Å². The molecule has 0 saturated carbocycles. The van der Waals surface area contributed by atoms with Crippen LogP contribution in [-0.2, 0) is 9.53 Å². The molecular formula is C21H32ClN3O3. The molecule has 28 heavy (non-hydrogen) atoms. The lowest BCUT2D eigenvalue weighted by molar-refractivity contribution is -0.131. The van der Waals surface area contributed by atoms with E-state index in [0.29, 0.717) is 24.7 Å². The van der Waals surface area contributed by atoms with E-state index in [0.717, 1.165) is 57.7 Å². The highest BCUT2D eigenvalue weighted by Crippen LogP contribution is 2.19. The van der Waals surface area contributed by atoms with Crippen LogP contribution in [0.2, 0.25) is 5.02 Å². The number of halogens is 1. The Hall–Kier alpha value is -1.18. The number of aliphatic hydroxyl groups is 1. The van der Waals surface area contributed by atoms with Gasteiger partial charge in [0.05, 0.1) is 25.4 Å². The SMILES string of the molecule is CC(OCC(O)CN1CCN(CC(=O)N2CCCC2)CC1)c1ccc(Cl)cc1. The van der Waals surface area contributed by atoms with Gasteiger partial charge in [-0.15, -0.1) is 0 Å². The molecule has 2 saturated heterocycles. The Bertz CT molecular complexity index is 614. The molecule has 0 bridgehead atoms. The van der Waals surface area contributed by atoms with Crippen molar-refractivity contribution < 1.29 is 14.6 Å². The smallest absolute Gasteiger partial charge is 0.236 e. The average Bonchev–Trinajstić information content (AvgIpc) is 3.23. The van der Waals surface area contributed by atoms with Gasteiger partial charge in [0.25, 0.3) is 0 Å². The van der Waals surface area contributed by atoms with Crippen molar-refractivity contribution in [3.05, 3.63) is 34.9 Å². The number of β-amino-alcohol motifs (C(OH)–C–C–N with tert-alkyl or cyclic N) is 1. The first-order valence-corrected chi connectivity index (χ1v) is 10.7. The summed E-state index contributed by atoms with van der Waals surface area (Å²) in [5, 5.41) is 11.0. The summed E-state index contributed by atoms with van der Waals surface area (Å²) in [6, 6.07) is 7.59. The van der Waals surface area contributed by atoms with E-state index in [1.165, 1.54) is 0 Å². The highest BCUT2D eigenvalue weighted by atomic mass is 35.5. The third-order valence-electron chi connectivity index (χ3n) is 5.63. The molecule has 2 heterocycles. The summed E-state index contributed by atoms with van der Waals surface area (Å²) in [6.45, 7) is 8.72. The number of amides is 1. The molecule has 2 aliphatic heterocycles. The summed E-state index contributed by atoms with van der Waals surface area (Å²) in [6.07, 6.45) is 1.67. The molecule has 0 aliphatic carbocycles. The van der Waals surface area contributed by atoms with Gasteiger partial charge in [0.15, 0.2) is 0 Å². The monoisotopic (exact) mass is 409 g/mol. The molecule has 2 fully saturated rings. The number of benzene rings is 1. The molecule has 6 nitrogen and oxygen atoms in total. The van der Waals surface area contributed by atoms with Crippen molar-refractivity contribution in [2.24, 2.45) is 0 Å². The molecule has 1 amide bonds. The fourth-order valence-corrected chi connectivity index (χ4v) is 3.95. The molecule has 2 aliphatic rings. The number of hydrogen-bond donors (Lipinski definition) is 1. The van der Waals surface area contributed by atoms with Crippen LogP contribution in [0.5, 0.6) is 0 Å². The highest BCUT2D eigenvalue weighted by molar-refractivity contribution is 6.30. The fourth-order valence-electron chi connectivity index (χ4n) is 3.82. The normalized spacial score (nSPS) is 21.0. The lowest BCUT2D eigenvalue weighted by Gasteiger charge is -2.35. The van der Waals surface area contributed by atoms with Crippen molar-refractivity contribution in [2.75, 3.05) is 59.0 Å². The first kappa shape index (κ1) is 21.5. The second kappa shape index (κ2) is 10.6. The van der Waals surface area contributed by atoms with Crippen LogP contribution in [0.4, 0.5) is 0 Å². The number of ether oxygens (including phenoxy) is 1. The number of carbonyl (C=O) groups excluding carboxylic acids is 1. The number of aliphatic hydroxyl groups excluding tert-OH is 1. The minimum absolute atomic E-state index is 0.0830. The molecule has 156 valence electrons. The second-order valence-corrected chi connectivity index (χ2v) is 8.28. The Kier molecular flexibility index (Phi) is 8.11. The molecule has 2 unspecified atom stereocenters. The van der Waals surface area contributed by atoms with Crippen LogP contribution >= 0.6 is 11.6 Å². The maximum atomic E-state index is 12.3. The van der Waals surface area contributed by atoms with Crippen molar-refractivity contribution in [2.45, 2.75) is 32.0 Å². The van der Waals surface area contributed by atoms with Crippen LogP contribution in [0.25, 0.3) is 0 Å². The third-order valence-corrected chi connectivity index (χ3v) is 5.88. The lowest BCUT2D eigenvalue weighted by atomic mass is 10.1. The third kappa shape index (κ3) is 6.42. The first-order chi connectivity index (χ1) is 13.5. The van der Waals surface area contributed by atoms with Gasteiger partial charge >= 0.3 is 0 Å². The quantitative estimate of drug-likeness (QED) is 0.711. The maximum absolute atomic E-state index is 12.3. The van der Waals surface area contributed by atoms with Gasteiger partial charge in [0, 0.05) is 50.8 Å². The van der Waals surface area contributed by atoms with E-state index in [1.807, 2.05) is 36.1 Å². The van der Waals surface area contributed by atoms with Crippen LogP contribution in [-0.4, -0.2) is 90.8 Å². The van der Waals surface area contributed by atoms with Crippen LogP contribution in [0.15, 0.2) is 24.3 Å². The van der Waals surface area contributed by atoms with Gasteiger partial charge in [-0.3, -0.25) is 14.6 Å². The van der Waals surface area contributed by atoms with E-state index in [1.54, 1.807) is 0 Å². The minimum Gasteiger partial charge on any atom is -0.389 e. The molecule has 1 aromatic rings. The average molecular weight is 410 g/mol. The topological polar surface area (TPSA) is 56.3 Å². The summed E-state index contributed by atoms with van der Waals surface area (Å²) in [7, 11) is 0. The summed E-state index contributed by atoms with van der Waals surface area (Å²) < 4.78 is 5.82. The zero-order valence-electron chi connectivity index (χ0n) is 16.7.